The Bertz CT molecular complexity index is 697. The fourth-order valence-corrected chi connectivity index (χ4v) is 3.75. The summed E-state index contributed by atoms with van der Waals surface area (Å²) in [5, 5.41) is 4.23. The standard InChI is InChI=1S/C18H22N4O/c1-13-4-2-5-14(8-13)16-9-17(16)18(23)21-7-3-6-15(10-21)22-12-19-11-20-22/h2,4-5,8,11-12,15-17H,3,6-7,9-10H2,1H3/t15-,16-,17-/m0/s1. The van der Waals surface area contributed by atoms with Crippen molar-refractivity contribution in [1.82, 2.24) is 19.7 Å². The Morgan fingerprint density at radius 2 is 2.26 bits per heavy atom. The highest BCUT2D eigenvalue weighted by molar-refractivity contribution is 5.83. The molecule has 0 N–H and O–H groups in total. The van der Waals surface area contributed by atoms with Crippen LogP contribution in [0.2, 0.25) is 0 Å². The molecule has 1 saturated carbocycles. The summed E-state index contributed by atoms with van der Waals surface area (Å²) in [6.45, 7) is 3.75. The molecule has 1 aliphatic carbocycles. The van der Waals surface area contributed by atoms with Gasteiger partial charge in [0.1, 0.15) is 12.7 Å². The number of benzene rings is 1. The fraction of sp³-hybridized carbons (Fsp3) is 0.500. The molecule has 5 heteroatoms. The van der Waals surface area contributed by atoms with Gasteiger partial charge in [0.15, 0.2) is 0 Å². The van der Waals surface area contributed by atoms with Gasteiger partial charge in [-0.15, -0.1) is 0 Å². The smallest absolute Gasteiger partial charge is 0.226 e. The molecule has 23 heavy (non-hydrogen) atoms. The summed E-state index contributed by atoms with van der Waals surface area (Å²) in [5.74, 6) is 0.904. The molecule has 0 spiro atoms. The highest BCUT2D eigenvalue weighted by atomic mass is 16.2. The molecule has 3 atom stereocenters. The summed E-state index contributed by atoms with van der Waals surface area (Å²) in [7, 11) is 0. The minimum Gasteiger partial charge on any atom is -0.340 e. The van der Waals surface area contributed by atoms with Crippen molar-refractivity contribution < 1.29 is 4.79 Å². The Balaban J connectivity index is 1.42. The number of piperidine rings is 1. The van der Waals surface area contributed by atoms with E-state index in [1.807, 2.05) is 9.58 Å². The van der Waals surface area contributed by atoms with Crippen LogP contribution < -0.4 is 0 Å². The molecule has 2 aromatic rings. The number of aromatic nitrogens is 3. The van der Waals surface area contributed by atoms with E-state index in [2.05, 4.69) is 41.3 Å². The molecule has 1 aliphatic heterocycles. The van der Waals surface area contributed by atoms with Crippen LogP contribution in [0.15, 0.2) is 36.9 Å². The maximum atomic E-state index is 12.8. The predicted octanol–water partition coefficient (Wildman–Crippen LogP) is 2.55. The lowest BCUT2D eigenvalue weighted by molar-refractivity contribution is -0.134. The Hall–Kier alpha value is -2.17. The molecular weight excluding hydrogens is 288 g/mol. The zero-order valence-corrected chi connectivity index (χ0v) is 13.4. The van der Waals surface area contributed by atoms with E-state index in [0.717, 1.165) is 32.4 Å². The number of amides is 1. The van der Waals surface area contributed by atoms with Crippen LogP contribution in [0.3, 0.4) is 0 Å². The van der Waals surface area contributed by atoms with Gasteiger partial charge in [-0.05, 0) is 37.7 Å². The van der Waals surface area contributed by atoms with E-state index in [1.54, 1.807) is 12.7 Å². The maximum absolute atomic E-state index is 12.8. The van der Waals surface area contributed by atoms with Gasteiger partial charge < -0.3 is 4.90 Å². The molecule has 1 amide bonds. The second-order valence-corrected chi connectivity index (χ2v) is 6.82. The van der Waals surface area contributed by atoms with Crippen molar-refractivity contribution in [3.05, 3.63) is 48.0 Å². The van der Waals surface area contributed by atoms with Crippen molar-refractivity contribution in [3.8, 4) is 0 Å². The van der Waals surface area contributed by atoms with Gasteiger partial charge in [-0.2, -0.15) is 5.10 Å². The molecule has 5 nitrogen and oxygen atoms in total. The van der Waals surface area contributed by atoms with Crippen molar-refractivity contribution in [3.63, 3.8) is 0 Å². The third kappa shape index (κ3) is 2.87. The normalized spacial score (nSPS) is 27.0. The lowest BCUT2D eigenvalue weighted by atomic mass is 10.0. The molecule has 1 saturated heterocycles. The zero-order valence-electron chi connectivity index (χ0n) is 13.4. The van der Waals surface area contributed by atoms with Crippen molar-refractivity contribution in [2.45, 2.75) is 38.1 Å². The Morgan fingerprint density at radius 3 is 3.04 bits per heavy atom. The SMILES string of the molecule is Cc1cccc([C@@H]2C[C@@H]2C(=O)N2CCC[C@H](n3cncn3)C2)c1. The van der Waals surface area contributed by atoms with Gasteiger partial charge in [0.25, 0.3) is 0 Å². The van der Waals surface area contributed by atoms with Crippen LogP contribution in [0.25, 0.3) is 0 Å². The summed E-state index contributed by atoms with van der Waals surface area (Å²) in [6, 6.07) is 8.83. The first-order chi connectivity index (χ1) is 11.2. The second-order valence-electron chi connectivity index (χ2n) is 6.82. The summed E-state index contributed by atoms with van der Waals surface area (Å²) in [5.41, 5.74) is 2.58. The van der Waals surface area contributed by atoms with Crippen LogP contribution in [-0.4, -0.2) is 38.7 Å². The lowest BCUT2D eigenvalue weighted by Crippen LogP contribution is -2.41. The zero-order chi connectivity index (χ0) is 15.8. The fourth-order valence-electron chi connectivity index (χ4n) is 3.75. The van der Waals surface area contributed by atoms with Crippen LogP contribution >= 0.6 is 0 Å². The van der Waals surface area contributed by atoms with E-state index in [4.69, 9.17) is 0 Å². The molecule has 0 bridgehead atoms. The van der Waals surface area contributed by atoms with E-state index < -0.39 is 0 Å². The average molecular weight is 310 g/mol. The third-order valence-corrected chi connectivity index (χ3v) is 5.10. The molecular formula is C18H22N4O. The van der Waals surface area contributed by atoms with E-state index in [1.165, 1.54) is 11.1 Å². The Labute approximate surface area is 136 Å². The van der Waals surface area contributed by atoms with Crippen molar-refractivity contribution in [2.75, 3.05) is 13.1 Å². The summed E-state index contributed by atoms with van der Waals surface area (Å²) < 4.78 is 1.89. The molecule has 1 aromatic carbocycles. The Kier molecular flexibility index (Phi) is 3.63. The first-order valence-electron chi connectivity index (χ1n) is 8.42. The minimum atomic E-state index is 0.172. The van der Waals surface area contributed by atoms with Crippen LogP contribution in [-0.2, 0) is 4.79 Å². The number of hydrogen-bond acceptors (Lipinski definition) is 3. The highest BCUT2D eigenvalue weighted by Gasteiger charge is 2.46. The molecule has 2 heterocycles. The van der Waals surface area contributed by atoms with Crippen LogP contribution in [0.1, 0.15) is 42.3 Å². The number of nitrogens with zero attached hydrogens (tertiary/aromatic N) is 4. The van der Waals surface area contributed by atoms with Gasteiger partial charge in [-0.25, -0.2) is 9.67 Å². The van der Waals surface area contributed by atoms with Crippen molar-refractivity contribution in [2.24, 2.45) is 5.92 Å². The molecule has 0 radical (unpaired) electrons. The van der Waals surface area contributed by atoms with E-state index in [-0.39, 0.29) is 12.0 Å². The van der Waals surface area contributed by atoms with Gasteiger partial charge in [0, 0.05) is 19.0 Å². The Morgan fingerprint density at radius 1 is 1.35 bits per heavy atom. The summed E-state index contributed by atoms with van der Waals surface area (Å²) in [4.78, 5) is 18.9. The highest BCUT2D eigenvalue weighted by Crippen LogP contribution is 2.49. The molecule has 4 rings (SSSR count). The maximum Gasteiger partial charge on any atom is 0.226 e. The van der Waals surface area contributed by atoms with Crippen molar-refractivity contribution in [1.29, 1.82) is 0 Å². The number of hydrogen-bond donors (Lipinski definition) is 0. The van der Waals surface area contributed by atoms with Crippen LogP contribution in [0, 0.1) is 12.8 Å². The third-order valence-electron chi connectivity index (χ3n) is 5.10. The summed E-state index contributed by atoms with van der Waals surface area (Å²) >= 11 is 0. The van der Waals surface area contributed by atoms with Gasteiger partial charge >= 0.3 is 0 Å². The minimum absolute atomic E-state index is 0.172. The number of likely N-dealkylation sites (tertiary alicyclic amines) is 1. The largest absolute Gasteiger partial charge is 0.340 e. The van der Waals surface area contributed by atoms with E-state index in [0.29, 0.717) is 11.8 Å². The molecule has 2 fully saturated rings. The van der Waals surface area contributed by atoms with Gasteiger partial charge in [0.05, 0.1) is 6.04 Å². The van der Waals surface area contributed by atoms with Crippen molar-refractivity contribution >= 4 is 5.91 Å². The topological polar surface area (TPSA) is 51.0 Å². The first kappa shape index (κ1) is 14.4. The first-order valence-corrected chi connectivity index (χ1v) is 8.42. The second kappa shape index (κ2) is 5.80. The van der Waals surface area contributed by atoms with Gasteiger partial charge in [-0.1, -0.05) is 29.8 Å². The summed E-state index contributed by atoms with van der Waals surface area (Å²) in [6.07, 6.45) is 6.42. The number of aryl methyl sites for hydroxylation is 1. The monoisotopic (exact) mass is 310 g/mol. The molecule has 1 aromatic heterocycles. The molecule has 2 aliphatic rings. The number of carbonyl (C=O) groups is 1. The van der Waals surface area contributed by atoms with Crippen LogP contribution in [0.5, 0.6) is 0 Å². The van der Waals surface area contributed by atoms with Crippen LogP contribution in [0.4, 0.5) is 0 Å². The predicted molar refractivity (Wildman–Crippen MR) is 86.9 cm³/mol. The average Bonchev–Trinajstić information content (AvgIpc) is 3.19. The molecule has 0 unspecified atom stereocenters. The van der Waals surface area contributed by atoms with E-state index in [9.17, 15) is 4.79 Å². The lowest BCUT2D eigenvalue weighted by Gasteiger charge is -2.32. The number of carbonyl (C=O) groups excluding carboxylic acids is 1. The molecule has 120 valence electrons. The van der Waals surface area contributed by atoms with E-state index >= 15 is 0 Å². The van der Waals surface area contributed by atoms with Gasteiger partial charge in [-0.3, -0.25) is 4.79 Å². The van der Waals surface area contributed by atoms with Gasteiger partial charge in [0.2, 0.25) is 5.91 Å². The quantitative estimate of drug-likeness (QED) is 0.875. The number of rotatable bonds is 3.